The maximum absolute atomic E-state index is 13.0. The summed E-state index contributed by atoms with van der Waals surface area (Å²) in [5, 5.41) is 9.51. The lowest BCUT2D eigenvalue weighted by atomic mass is 10.1. The molecule has 8 nitrogen and oxygen atoms in total. The van der Waals surface area contributed by atoms with E-state index in [2.05, 4.69) is 10.2 Å². The summed E-state index contributed by atoms with van der Waals surface area (Å²) in [5.74, 6) is 2.78. The third-order valence-corrected chi connectivity index (χ3v) is 6.48. The molecule has 33 heavy (non-hydrogen) atoms. The van der Waals surface area contributed by atoms with E-state index in [9.17, 15) is 4.79 Å². The zero-order valence-corrected chi connectivity index (χ0v) is 19.8. The summed E-state index contributed by atoms with van der Waals surface area (Å²) in [6.45, 7) is 1.40. The Balaban J connectivity index is 1.56. The minimum absolute atomic E-state index is 0.0582. The van der Waals surface area contributed by atoms with E-state index in [1.54, 1.807) is 32.4 Å². The van der Waals surface area contributed by atoms with Crippen LogP contribution in [0, 0.1) is 0 Å². The molecule has 1 saturated heterocycles. The number of ether oxygens (including phenoxy) is 4. The maximum atomic E-state index is 13.0. The van der Waals surface area contributed by atoms with Crippen LogP contribution in [0.1, 0.15) is 23.2 Å². The second-order valence-corrected chi connectivity index (χ2v) is 8.50. The number of aromatic nitrogens is 3. The fourth-order valence-electron chi connectivity index (χ4n) is 3.74. The van der Waals surface area contributed by atoms with Gasteiger partial charge in [-0.3, -0.25) is 9.36 Å². The second-order valence-electron chi connectivity index (χ2n) is 7.56. The van der Waals surface area contributed by atoms with Crippen molar-refractivity contribution in [3.63, 3.8) is 0 Å². The van der Waals surface area contributed by atoms with Gasteiger partial charge in [0.1, 0.15) is 17.2 Å². The van der Waals surface area contributed by atoms with Crippen LogP contribution >= 0.6 is 11.8 Å². The molecule has 1 unspecified atom stereocenters. The number of methoxy groups -OCH3 is 3. The van der Waals surface area contributed by atoms with Crippen molar-refractivity contribution in [2.75, 3.05) is 33.7 Å². The average Bonchev–Trinajstić information content (AvgIpc) is 3.52. The number of Topliss-reactive ketones (excluding diaryl/α,β-unsaturated/α-hetero) is 1. The number of carbonyl (C=O) groups excluding carboxylic acids is 1. The van der Waals surface area contributed by atoms with Gasteiger partial charge in [-0.25, -0.2) is 0 Å². The Morgan fingerprint density at radius 3 is 2.48 bits per heavy atom. The highest BCUT2D eigenvalue weighted by molar-refractivity contribution is 7.99. The zero-order valence-electron chi connectivity index (χ0n) is 18.9. The molecule has 9 heteroatoms. The summed E-state index contributed by atoms with van der Waals surface area (Å²) in [6.07, 6.45) is 2.14. The van der Waals surface area contributed by atoms with Crippen molar-refractivity contribution in [3.8, 4) is 28.6 Å². The second kappa shape index (κ2) is 10.7. The van der Waals surface area contributed by atoms with E-state index in [1.165, 1.54) is 18.9 Å². The minimum Gasteiger partial charge on any atom is -0.497 e. The zero-order chi connectivity index (χ0) is 23.2. The highest BCUT2D eigenvalue weighted by Gasteiger charge is 2.23. The van der Waals surface area contributed by atoms with Crippen LogP contribution in [0.15, 0.2) is 47.6 Å². The Labute approximate surface area is 197 Å². The van der Waals surface area contributed by atoms with Crippen LogP contribution in [0.25, 0.3) is 11.4 Å². The Morgan fingerprint density at radius 1 is 1.06 bits per heavy atom. The van der Waals surface area contributed by atoms with Gasteiger partial charge in [0, 0.05) is 18.2 Å². The van der Waals surface area contributed by atoms with Gasteiger partial charge in [0.25, 0.3) is 0 Å². The van der Waals surface area contributed by atoms with E-state index in [0.29, 0.717) is 28.8 Å². The molecule has 2 aromatic carbocycles. The van der Waals surface area contributed by atoms with Gasteiger partial charge in [-0.1, -0.05) is 11.8 Å². The van der Waals surface area contributed by atoms with Crippen molar-refractivity contribution < 1.29 is 23.7 Å². The number of thioether (sulfide) groups is 1. The van der Waals surface area contributed by atoms with Crippen LogP contribution in [0.5, 0.6) is 17.2 Å². The molecule has 174 valence electrons. The molecule has 0 amide bonds. The molecule has 0 spiro atoms. The summed E-state index contributed by atoms with van der Waals surface area (Å²) >= 11 is 1.36. The predicted molar refractivity (Wildman–Crippen MR) is 126 cm³/mol. The number of carbonyl (C=O) groups is 1. The van der Waals surface area contributed by atoms with E-state index in [0.717, 1.165) is 36.6 Å². The highest BCUT2D eigenvalue weighted by Crippen LogP contribution is 2.30. The monoisotopic (exact) mass is 469 g/mol. The minimum atomic E-state index is -0.0582. The van der Waals surface area contributed by atoms with Gasteiger partial charge in [-0.2, -0.15) is 0 Å². The molecule has 0 N–H and O–H groups in total. The van der Waals surface area contributed by atoms with E-state index < -0.39 is 0 Å². The van der Waals surface area contributed by atoms with Gasteiger partial charge in [0.15, 0.2) is 16.8 Å². The quantitative estimate of drug-likeness (QED) is 0.324. The number of ketones is 1. The Morgan fingerprint density at radius 2 is 1.82 bits per heavy atom. The molecule has 3 aromatic rings. The van der Waals surface area contributed by atoms with Crippen LogP contribution in [-0.2, 0) is 11.3 Å². The fourth-order valence-corrected chi connectivity index (χ4v) is 4.57. The molecule has 0 bridgehead atoms. The van der Waals surface area contributed by atoms with Crippen LogP contribution in [0.2, 0.25) is 0 Å². The molecule has 1 aromatic heterocycles. The number of hydrogen-bond donors (Lipinski definition) is 0. The molecule has 1 aliphatic heterocycles. The smallest absolute Gasteiger partial charge is 0.192 e. The van der Waals surface area contributed by atoms with Gasteiger partial charge < -0.3 is 18.9 Å². The van der Waals surface area contributed by atoms with E-state index >= 15 is 0 Å². The number of benzene rings is 2. The molecular formula is C24H27N3O5S. The molecule has 1 aliphatic rings. The summed E-state index contributed by atoms with van der Waals surface area (Å²) in [5.41, 5.74) is 1.43. The third-order valence-electron chi connectivity index (χ3n) is 5.52. The standard InChI is InChI=1S/C24H27N3O5S/c1-29-17-8-6-16(7-9-17)23-25-26-24(27(23)14-19-5-4-12-32-19)33-15-21(28)20-11-10-18(30-2)13-22(20)31-3/h6-11,13,19H,4-5,12,14-15H2,1-3H3. The summed E-state index contributed by atoms with van der Waals surface area (Å²) in [4.78, 5) is 13.0. The van der Waals surface area contributed by atoms with Gasteiger partial charge in [-0.05, 0) is 49.2 Å². The Kier molecular flexibility index (Phi) is 7.51. The van der Waals surface area contributed by atoms with Gasteiger partial charge in [0.2, 0.25) is 0 Å². The largest absolute Gasteiger partial charge is 0.497 e. The normalized spacial score (nSPS) is 15.4. The maximum Gasteiger partial charge on any atom is 0.192 e. The first kappa shape index (κ1) is 23.1. The van der Waals surface area contributed by atoms with Crippen molar-refractivity contribution in [1.82, 2.24) is 14.8 Å². The van der Waals surface area contributed by atoms with Crippen LogP contribution < -0.4 is 14.2 Å². The van der Waals surface area contributed by atoms with Crippen LogP contribution in [0.4, 0.5) is 0 Å². The summed E-state index contributed by atoms with van der Waals surface area (Å²) in [7, 11) is 4.75. The van der Waals surface area contributed by atoms with Gasteiger partial charge in [0.05, 0.1) is 45.3 Å². The molecule has 0 radical (unpaired) electrons. The first-order chi connectivity index (χ1) is 16.1. The van der Waals surface area contributed by atoms with Crippen molar-refractivity contribution in [3.05, 3.63) is 48.0 Å². The Bertz CT molecular complexity index is 1090. The first-order valence-electron chi connectivity index (χ1n) is 10.7. The number of rotatable bonds is 10. The molecule has 1 atom stereocenters. The molecule has 0 aliphatic carbocycles. The fraction of sp³-hybridized carbons (Fsp3) is 0.375. The van der Waals surface area contributed by atoms with Crippen molar-refractivity contribution in [2.24, 2.45) is 0 Å². The average molecular weight is 470 g/mol. The van der Waals surface area contributed by atoms with Crippen molar-refractivity contribution in [2.45, 2.75) is 30.6 Å². The molecule has 1 fully saturated rings. The Hall–Kier alpha value is -3.04. The molecular weight excluding hydrogens is 442 g/mol. The van der Waals surface area contributed by atoms with Gasteiger partial charge >= 0.3 is 0 Å². The van der Waals surface area contributed by atoms with Crippen LogP contribution in [0.3, 0.4) is 0 Å². The number of hydrogen-bond acceptors (Lipinski definition) is 8. The van der Waals surface area contributed by atoms with Gasteiger partial charge in [-0.15, -0.1) is 10.2 Å². The lowest BCUT2D eigenvalue weighted by molar-refractivity contribution is 0.0953. The third kappa shape index (κ3) is 5.31. The topological polar surface area (TPSA) is 84.7 Å². The van der Waals surface area contributed by atoms with Crippen LogP contribution in [-0.4, -0.2) is 60.3 Å². The highest BCUT2D eigenvalue weighted by atomic mass is 32.2. The first-order valence-corrected chi connectivity index (χ1v) is 11.7. The predicted octanol–water partition coefficient (Wildman–Crippen LogP) is 4.12. The SMILES string of the molecule is COc1ccc(-c2nnc(SCC(=O)c3ccc(OC)cc3OC)n2CC2CCCO2)cc1. The van der Waals surface area contributed by atoms with E-state index in [1.807, 2.05) is 28.8 Å². The van der Waals surface area contributed by atoms with Crippen molar-refractivity contribution >= 4 is 17.5 Å². The van der Waals surface area contributed by atoms with Crippen molar-refractivity contribution in [1.29, 1.82) is 0 Å². The lowest BCUT2D eigenvalue weighted by Crippen LogP contribution is -2.17. The summed E-state index contributed by atoms with van der Waals surface area (Å²) in [6, 6.07) is 12.9. The van der Waals surface area contributed by atoms with E-state index in [4.69, 9.17) is 18.9 Å². The number of nitrogens with zero attached hydrogens (tertiary/aromatic N) is 3. The molecule has 0 saturated carbocycles. The molecule has 2 heterocycles. The summed E-state index contributed by atoms with van der Waals surface area (Å²) < 4.78 is 23.8. The molecule has 4 rings (SSSR count). The van der Waals surface area contributed by atoms with E-state index in [-0.39, 0.29) is 17.6 Å². The lowest BCUT2D eigenvalue weighted by Gasteiger charge is -2.15.